The van der Waals surface area contributed by atoms with Gasteiger partial charge in [0.1, 0.15) is 9.84 Å². The number of hydrogen-bond donors (Lipinski definition) is 2. The number of aliphatic imine (C=N–C) groups is 1. The maximum atomic E-state index is 11.4. The van der Waals surface area contributed by atoms with Crippen molar-refractivity contribution in [3.63, 3.8) is 0 Å². The van der Waals surface area contributed by atoms with Crippen LogP contribution in [0.5, 0.6) is 0 Å². The van der Waals surface area contributed by atoms with Crippen molar-refractivity contribution in [1.82, 2.24) is 15.5 Å². The van der Waals surface area contributed by atoms with Crippen molar-refractivity contribution in [1.29, 1.82) is 0 Å². The van der Waals surface area contributed by atoms with Crippen molar-refractivity contribution in [2.45, 2.75) is 65.8 Å². The van der Waals surface area contributed by atoms with Crippen molar-refractivity contribution >= 4 is 15.8 Å². The molecule has 154 valence electrons. The first-order valence-electron chi connectivity index (χ1n) is 10.1. The number of nitrogens with one attached hydrogen (secondary N) is 2. The van der Waals surface area contributed by atoms with Crippen molar-refractivity contribution in [3.05, 3.63) is 0 Å². The summed E-state index contributed by atoms with van der Waals surface area (Å²) in [5.41, 5.74) is -0.130. The Kier molecular flexibility index (Phi) is 9.93. The maximum Gasteiger partial charge on any atom is 0.191 e. The molecule has 6 nitrogen and oxygen atoms in total. The van der Waals surface area contributed by atoms with Crippen LogP contribution in [-0.4, -0.2) is 70.1 Å². The predicted octanol–water partition coefficient (Wildman–Crippen LogP) is 2.27. The van der Waals surface area contributed by atoms with Crippen molar-refractivity contribution < 1.29 is 8.42 Å². The molecule has 0 aromatic rings. The largest absolute Gasteiger partial charge is 0.357 e. The third-order valence-electron chi connectivity index (χ3n) is 4.92. The molecule has 0 amide bonds. The van der Waals surface area contributed by atoms with Gasteiger partial charge in [-0.1, -0.05) is 27.2 Å². The normalized spacial score (nSPS) is 18.1. The molecule has 1 aliphatic rings. The predicted molar refractivity (Wildman–Crippen MR) is 112 cm³/mol. The van der Waals surface area contributed by atoms with Gasteiger partial charge in [0, 0.05) is 38.5 Å². The minimum atomic E-state index is -2.93. The molecule has 0 radical (unpaired) electrons. The van der Waals surface area contributed by atoms with E-state index in [9.17, 15) is 8.42 Å². The zero-order chi connectivity index (χ0) is 19.6. The Bertz CT molecular complexity index is 524. The minimum absolute atomic E-state index is 0.130. The average Bonchev–Trinajstić information content (AvgIpc) is 2.57. The fourth-order valence-electron chi connectivity index (χ4n) is 3.03. The summed E-state index contributed by atoms with van der Waals surface area (Å²) in [5.74, 6) is 1.07. The number of likely N-dealkylation sites (tertiary alicyclic amines) is 1. The van der Waals surface area contributed by atoms with Crippen molar-refractivity contribution in [2.75, 3.05) is 44.7 Å². The first kappa shape index (κ1) is 23.2. The molecule has 1 saturated heterocycles. The molecule has 1 heterocycles. The van der Waals surface area contributed by atoms with Crippen LogP contribution in [0.4, 0.5) is 0 Å². The molecule has 1 fully saturated rings. The van der Waals surface area contributed by atoms with E-state index in [-0.39, 0.29) is 11.2 Å². The Balaban J connectivity index is 2.51. The molecule has 0 atom stereocenters. The number of guanidine groups is 1. The summed E-state index contributed by atoms with van der Waals surface area (Å²) in [6.45, 7) is 13.4. The van der Waals surface area contributed by atoms with Crippen LogP contribution in [-0.2, 0) is 9.84 Å². The molecule has 26 heavy (non-hydrogen) atoms. The molecule has 0 unspecified atom stereocenters. The third-order valence-corrected chi connectivity index (χ3v) is 5.86. The van der Waals surface area contributed by atoms with Gasteiger partial charge in [-0.25, -0.2) is 8.42 Å². The van der Waals surface area contributed by atoms with E-state index in [1.807, 2.05) is 0 Å². The van der Waals surface area contributed by atoms with Crippen LogP contribution in [0.2, 0.25) is 0 Å². The summed E-state index contributed by atoms with van der Waals surface area (Å²) in [5, 5.41) is 6.90. The molecule has 0 aromatic carbocycles. The van der Waals surface area contributed by atoms with E-state index < -0.39 is 9.84 Å². The zero-order valence-corrected chi connectivity index (χ0v) is 18.3. The zero-order valence-electron chi connectivity index (χ0n) is 17.5. The fraction of sp³-hybridized carbons (Fsp3) is 0.947. The molecule has 1 rings (SSSR count). The van der Waals surface area contributed by atoms with E-state index >= 15 is 0 Å². The third kappa shape index (κ3) is 10.4. The van der Waals surface area contributed by atoms with Crippen LogP contribution in [0.3, 0.4) is 0 Å². The molecule has 7 heteroatoms. The van der Waals surface area contributed by atoms with E-state index in [0.717, 1.165) is 38.4 Å². The smallest absolute Gasteiger partial charge is 0.191 e. The molecule has 0 bridgehead atoms. The second-order valence-electron chi connectivity index (χ2n) is 8.35. The monoisotopic (exact) mass is 388 g/mol. The Morgan fingerprint density at radius 3 is 2.42 bits per heavy atom. The van der Waals surface area contributed by atoms with Crippen LogP contribution >= 0.6 is 0 Å². The topological polar surface area (TPSA) is 73.8 Å². The number of nitrogens with zero attached hydrogens (tertiary/aromatic N) is 2. The Hall–Kier alpha value is -0.820. The first-order valence-corrected chi connectivity index (χ1v) is 12.2. The SMILES string of the molecule is CCCCN1CCC(NC(=NCC(C)(C)CCS(C)(=O)=O)NCC)CC1. The lowest BCUT2D eigenvalue weighted by Crippen LogP contribution is -2.49. The molecule has 0 aromatic heterocycles. The van der Waals surface area contributed by atoms with E-state index in [1.165, 1.54) is 25.6 Å². The van der Waals surface area contributed by atoms with Gasteiger partial charge in [-0.3, -0.25) is 4.99 Å². The quantitative estimate of drug-likeness (QED) is 0.444. The van der Waals surface area contributed by atoms with Crippen LogP contribution in [0, 0.1) is 5.41 Å². The van der Waals surface area contributed by atoms with Crippen LogP contribution in [0.1, 0.15) is 59.8 Å². The number of piperidine rings is 1. The minimum Gasteiger partial charge on any atom is -0.357 e. The first-order chi connectivity index (χ1) is 12.1. The molecule has 0 saturated carbocycles. The van der Waals surface area contributed by atoms with Gasteiger partial charge in [0.25, 0.3) is 0 Å². The number of hydrogen-bond acceptors (Lipinski definition) is 4. The summed E-state index contributed by atoms with van der Waals surface area (Å²) in [7, 11) is -2.93. The molecule has 2 N–H and O–H groups in total. The summed E-state index contributed by atoms with van der Waals surface area (Å²) in [4.78, 5) is 7.29. The van der Waals surface area contributed by atoms with Gasteiger partial charge in [-0.2, -0.15) is 0 Å². The highest BCUT2D eigenvalue weighted by atomic mass is 32.2. The molecule has 1 aliphatic heterocycles. The highest BCUT2D eigenvalue weighted by Gasteiger charge is 2.22. The van der Waals surface area contributed by atoms with Gasteiger partial charge in [0.2, 0.25) is 0 Å². The Labute approximate surface area is 161 Å². The summed E-state index contributed by atoms with van der Waals surface area (Å²) in [6.07, 6.45) is 6.75. The maximum absolute atomic E-state index is 11.4. The second kappa shape index (κ2) is 11.1. The van der Waals surface area contributed by atoms with E-state index in [2.05, 4.69) is 43.2 Å². The Morgan fingerprint density at radius 2 is 1.88 bits per heavy atom. The Morgan fingerprint density at radius 1 is 1.23 bits per heavy atom. The molecule has 0 spiro atoms. The van der Waals surface area contributed by atoms with E-state index in [4.69, 9.17) is 4.99 Å². The summed E-state index contributed by atoms with van der Waals surface area (Å²) >= 11 is 0. The number of unbranched alkanes of at least 4 members (excludes halogenated alkanes) is 1. The summed E-state index contributed by atoms with van der Waals surface area (Å²) < 4.78 is 22.8. The van der Waals surface area contributed by atoms with E-state index in [0.29, 0.717) is 19.0 Å². The van der Waals surface area contributed by atoms with Crippen LogP contribution < -0.4 is 10.6 Å². The van der Waals surface area contributed by atoms with Gasteiger partial charge in [0.15, 0.2) is 5.96 Å². The lowest BCUT2D eigenvalue weighted by molar-refractivity contribution is 0.203. The van der Waals surface area contributed by atoms with Crippen molar-refractivity contribution in [2.24, 2.45) is 10.4 Å². The number of rotatable bonds is 10. The van der Waals surface area contributed by atoms with Gasteiger partial charge < -0.3 is 15.5 Å². The molecular formula is C19H40N4O2S. The highest BCUT2D eigenvalue weighted by Crippen LogP contribution is 2.21. The molecule has 0 aliphatic carbocycles. The van der Waals surface area contributed by atoms with Gasteiger partial charge in [-0.15, -0.1) is 0 Å². The standard InChI is InChI=1S/C19H40N4O2S/c1-6-8-12-23-13-9-17(10-14-23)22-18(20-7-2)21-16-19(3,4)11-15-26(5,24)25/h17H,6-16H2,1-5H3,(H2,20,21,22). The van der Waals surface area contributed by atoms with Gasteiger partial charge >= 0.3 is 0 Å². The van der Waals surface area contributed by atoms with E-state index in [1.54, 1.807) is 0 Å². The lowest BCUT2D eigenvalue weighted by atomic mass is 9.90. The molecular weight excluding hydrogens is 348 g/mol. The highest BCUT2D eigenvalue weighted by molar-refractivity contribution is 7.90. The van der Waals surface area contributed by atoms with Gasteiger partial charge in [0.05, 0.1) is 5.75 Å². The van der Waals surface area contributed by atoms with Crippen LogP contribution in [0.15, 0.2) is 4.99 Å². The lowest BCUT2D eigenvalue weighted by Gasteiger charge is -2.33. The fourth-order valence-corrected chi connectivity index (χ4v) is 3.95. The van der Waals surface area contributed by atoms with Gasteiger partial charge in [-0.05, 0) is 44.6 Å². The number of sulfone groups is 1. The van der Waals surface area contributed by atoms with Crippen LogP contribution in [0.25, 0.3) is 0 Å². The summed E-state index contributed by atoms with van der Waals surface area (Å²) in [6, 6.07) is 0.463. The average molecular weight is 389 g/mol. The second-order valence-corrected chi connectivity index (χ2v) is 10.6. The van der Waals surface area contributed by atoms with Crippen molar-refractivity contribution in [3.8, 4) is 0 Å².